The predicted molar refractivity (Wildman–Crippen MR) is 74.5 cm³/mol. The zero-order valence-corrected chi connectivity index (χ0v) is 11.6. The van der Waals surface area contributed by atoms with Crippen LogP contribution in [0.3, 0.4) is 0 Å². The van der Waals surface area contributed by atoms with Gasteiger partial charge in [-0.05, 0) is 24.5 Å². The molecule has 0 spiro atoms. The average Bonchev–Trinajstić information content (AvgIpc) is 2.90. The molecule has 1 aliphatic rings. The number of hydrogen-bond donors (Lipinski definition) is 1. The first-order valence-corrected chi connectivity index (χ1v) is 7.07. The van der Waals surface area contributed by atoms with Gasteiger partial charge in [-0.3, -0.25) is 0 Å². The molecule has 5 heteroatoms. The Morgan fingerprint density at radius 3 is 2.95 bits per heavy atom. The summed E-state index contributed by atoms with van der Waals surface area (Å²) in [6.07, 6.45) is 2.55. The maximum atomic E-state index is 9.81. The number of phenolic OH excluding ortho intramolecular Hbond substituents is 1. The number of para-hydroxylation sites is 1. The van der Waals surface area contributed by atoms with Crippen LogP contribution in [0.25, 0.3) is 0 Å². The van der Waals surface area contributed by atoms with Crippen LogP contribution in [0.2, 0.25) is 0 Å². The second kappa shape index (κ2) is 5.63. The zero-order chi connectivity index (χ0) is 13.9. The summed E-state index contributed by atoms with van der Waals surface area (Å²) in [4.78, 5) is 0. The van der Waals surface area contributed by atoms with E-state index in [0.717, 1.165) is 43.1 Å². The van der Waals surface area contributed by atoms with Crippen LogP contribution >= 0.6 is 0 Å². The second-order valence-corrected chi connectivity index (χ2v) is 5.11. The minimum Gasteiger partial charge on any atom is -0.508 e. The van der Waals surface area contributed by atoms with Crippen LogP contribution in [0, 0.1) is 0 Å². The van der Waals surface area contributed by atoms with Gasteiger partial charge in [-0.25, -0.2) is 0 Å². The average molecular weight is 273 g/mol. The van der Waals surface area contributed by atoms with Crippen LogP contribution in [0.15, 0.2) is 24.3 Å². The van der Waals surface area contributed by atoms with Crippen molar-refractivity contribution in [2.45, 2.75) is 38.8 Å². The van der Waals surface area contributed by atoms with Crippen molar-refractivity contribution < 1.29 is 9.84 Å². The highest BCUT2D eigenvalue weighted by Crippen LogP contribution is 2.24. The van der Waals surface area contributed by atoms with Gasteiger partial charge in [0, 0.05) is 6.42 Å². The molecule has 0 saturated carbocycles. The molecule has 5 nitrogen and oxygen atoms in total. The molecule has 20 heavy (non-hydrogen) atoms. The second-order valence-electron chi connectivity index (χ2n) is 5.11. The highest BCUT2D eigenvalue weighted by atomic mass is 16.5. The van der Waals surface area contributed by atoms with Crippen LogP contribution in [-0.4, -0.2) is 26.5 Å². The zero-order valence-electron chi connectivity index (χ0n) is 11.6. The molecule has 1 atom stereocenters. The molecule has 0 saturated heterocycles. The lowest BCUT2D eigenvalue weighted by Gasteiger charge is -2.25. The fraction of sp³-hybridized carbons (Fsp3) is 0.467. The number of ether oxygens (including phenoxy) is 1. The SMILES string of the molecule is CCC1COCc2nnc(CCc3ccccc3O)n21. The first-order chi connectivity index (χ1) is 9.79. The highest BCUT2D eigenvalue weighted by molar-refractivity contribution is 5.32. The van der Waals surface area contributed by atoms with E-state index in [2.05, 4.69) is 21.7 Å². The van der Waals surface area contributed by atoms with Gasteiger partial charge in [0.15, 0.2) is 5.82 Å². The minimum absolute atomic E-state index is 0.327. The van der Waals surface area contributed by atoms with Crippen LogP contribution in [0.4, 0.5) is 0 Å². The molecule has 1 aromatic carbocycles. The predicted octanol–water partition coefficient (Wildman–Crippen LogP) is 2.25. The van der Waals surface area contributed by atoms with Gasteiger partial charge in [-0.15, -0.1) is 10.2 Å². The maximum Gasteiger partial charge on any atom is 0.159 e. The summed E-state index contributed by atoms with van der Waals surface area (Å²) in [5.41, 5.74) is 0.949. The van der Waals surface area contributed by atoms with Gasteiger partial charge in [0.25, 0.3) is 0 Å². The fourth-order valence-electron chi connectivity index (χ4n) is 2.68. The third-order valence-corrected chi connectivity index (χ3v) is 3.82. The fourth-order valence-corrected chi connectivity index (χ4v) is 2.68. The smallest absolute Gasteiger partial charge is 0.159 e. The molecule has 0 bridgehead atoms. The first-order valence-electron chi connectivity index (χ1n) is 7.07. The molecule has 0 radical (unpaired) electrons. The largest absolute Gasteiger partial charge is 0.508 e. The van der Waals surface area contributed by atoms with Gasteiger partial charge in [-0.1, -0.05) is 25.1 Å². The summed E-state index contributed by atoms with van der Waals surface area (Å²) in [6, 6.07) is 7.77. The number of rotatable bonds is 4. The van der Waals surface area contributed by atoms with Crippen LogP contribution in [-0.2, 0) is 24.2 Å². The normalized spacial score (nSPS) is 17.9. The molecule has 2 heterocycles. The molecule has 0 fully saturated rings. The molecule has 106 valence electrons. The van der Waals surface area contributed by atoms with Crippen molar-refractivity contribution in [3.05, 3.63) is 41.5 Å². The molecule has 0 aliphatic carbocycles. The third-order valence-electron chi connectivity index (χ3n) is 3.82. The van der Waals surface area contributed by atoms with Gasteiger partial charge < -0.3 is 14.4 Å². The number of benzene rings is 1. The van der Waals surface area contributed by atoms with E-state index in [1.165, 1.54) is 0 Å². The molecule has 1 aliphatic heterocycles. The van der Waals surface area contributed by atoms with E-state index in [1.54, 1.807) is 6.07 Å². The summed E-state index contributed by atoms with van der Waals surface area (Å²) in [7, 11) is 0. The maximum absolute atomic E-state index is 9.81. The molecule has 0 amide bonds. The Hall–Kier alpha value is -1.88. The molecular weight excluding hydrogens is 254 g/mol. The summed E-state index contributed by atoms with van der Waals surface area (Å²) in [5, 5.41) is 18.3. The van der Waals surface area contributed by atoms with E-state index in [9.17, 15) is 5.11 Å². The molecule has 1 aromatic heterocycles. The van der Waals surface area contributed by atoms with Crippen molar-refractivity contribution in [1.29, 1.82) is 0 Å². The van der Waals surface area contributed by atoms with Gasteiger partial charge >= 0.3 is 0 Å². The van der Waals surface area contributed by atoms with E-state index >= 15 is 0 Å². The van der Waals surface area contributed by atoms with E-state index in [4.69, 9.17) is 4.74 Å². The Morgan fingerprint density at radius 2 is 2.15 bits per heavy atom. The monoisotopic (exact) mass is 273 g/mol. The van der Waals surface area contributed by atoms with Gasteiger partial charge in [0.1, 0.15) is 18.2 Å². The Balaban J connectivity index is 1.79. The first kappa shape index (κ1) is 13.1. The van der Waals surface area contributed by atoms with Crippen LogP contribution in [0.5, 0.6) is 5.75 Å². The number of nitrogens with zero attached hydrogens (tertiary/aromatic N) is 3. The van der Waals surface area contributed by atoms with Crippen LogP contribution in [0.1, 0.15) is 36.6 Å². The molecule has 1 N–H and O–H groups in total. The lowest BCUT2D eigenvalue weighted by molar-refractivity contribution is 0.0523. The lowest BCUT2D eigenvalue weighted by Crippen LogP contribution is -2.25. The minimum atomic E-state index is 0.327. The summed E-state index contributed by atoms with van der Waals surface area (Å²) >= 11 is 0. The van der Waals surface area contributed by atoms with Crippen molar-refractivity contribution in [1.82, 2.24) is 14.8 Å². The van der Waals surface area contributed by atoms with E-state index in [0.29, 0.717) is 18.4 Å². The molecular formula is C15H19N3O2. The van der Waals surface area contributed by atoms with Gasteiger partial charge in [-0.2, -0.15) is 0 Å². The quantitative estimate of drug-likeness (QED) is 0.928. The Bertz CT molecular complexity index is 595. The van der Waals surface area contributed by atoms with Crippen molar-refractivity contribution >= 4 is 0 Å². The Labute approximate surface area is 118 Å². The molecule has 1 unspecified atom stereocenters. The highest BCUT2D eigenvalue weighted by Gasteiger charge is 2.23. The summed E-state index contributed by atoms with van der Waals surface area (Å²) in [6.45, 7) is 3.42. The number of aromatic hydroxyl groups is 1. The van der Waals surface area contributed by atoms with Crippen molar-refractivity contribution in [3.63, 3.8) is 0 Å². The van der Waals surface area contributed by atoms with Crippen molar-refractivity contribution in [2.75, 3.05) is 6.61 Å². The van der Waals surface area contributed by atoms with E-state index in [1.807, 2.05) is 18.2 Å². The van der Waals surface area contributed by atoms with Gasteiger partial charge in [0.2, 0.25) is 0 Å². The molecule has 2 aromatic rings. The van der Waals surface area contributed by atoms with Crippen LogP contribution < -0.4 is 0 Å². The Morgan fingerprint density at radius 1 is 1.30 bits per heavy atom. The topological polar surface area (TPSA) is 60.2 Å². The lowest BCUT2D eigenvalue weighted by atomic mass is 10.1. The standard InChI is InChI=1S/C15H19N3O2/c1-2-12-9-20-10-15-17-16-14(18(12)15)8-7-11-5-3-4-6-13(11)19/h3-6,12,19H,2,7-10H2,1H3. The number of aromatic nitrogens is 3. The number of aryl methyl sites for hydroxylation is 2. The summed E-state index contributed by atoms with van der Waals surface area (Å²) < 4.78 is 7.74. The summed E-state index contributed by atoms with van der Waals surface area (Å²) in [5.74, 6) is 2.25. The Kier molecular flexibility index (Phi) is 3.69. The molecule has 3 rings (SSSR count). The van der Waals surface area contributed by atoms with E-state index in [-0.39, 0.29) is 0 Å². The number of fused-ring (bicyclic) bond motifs is 1. The number of phenols is 1. The van der Waals surface area contributed by atoms with E-state index < -0.39 is 0 Å². The third kappa shape index (κ3) is 2.41. The van der Waals surface area contributed by atoms with Crippen molar-refractivity contribution in [2.24, 2.45) is 0 Å². The number of hydrogen-bond acceptors (Lipinski definition) is 4. The van der Waals surface area contributed by atoms with Crippen molar-refractivity contribution in [3.8, 4) is 5.75 Å². The van der Waals surface area contributed by atoms with Gasteiger partial charge in [0.05, 0.1) is 12.6 Å².